The predicted molar refractivity (Wildman–Crippen MR) is 68.7 cm³/mol. The zero-order chi connectivity index (χ0) is 14.2. The molecular formula is C11H22N4O3. The molecule has 1 unspecified atom stereocenters. The Labute approximate surface area is 107 Å². The summed E-state index contributed by atoms with van der Waals surface area (Å²) in [7, 11) is 0. The topological polar surface area (TPSA) is 134 Å². The van der Waals surface area contributed by atoms with Crippen LogP contribution in [0.2, 0.25) is 0 Å². The van der Waals surface area contributed by atoms with Crippen LogP contribution < -0.4 is 17.2 Å². The number of nitrogens with two attached hydrogens (primary N) is 3. The SMILES string of the molecule is CC(C)(CC(=O)C(N)CCCN=C(N)N)OC=O. The Hall–Kier alpha value is -1.63. The summed E-state index contributed by atoms with van der Waals surface area (Å²) in [6.07, 6.45) is 1.21. The maximum Gasteiger partial charge on any atom is 0.293 e. The average molecular weight is 258 g/mol. The van der Waals surface area contributed by atoms with Crippen molar-refractivity contribution in [2.24, 2.45) is 22.2 Å². The van der Waals surface area contributed by atoms with Crippen molar-refractivity contribution in [2.75, 3.05) is 6.54 Å². The minimum absolute atomic E-state index is 0.0235. The summed E-state index contributed by atoms with van der Waals surface area (Å²) >= 11 is 0. The number of hydrogen-bond donors (Lipinski definition) is 3. The lowest BCUT2D eigenvalue weighted by Crippen LogP contribution is -2.37. The first kappa shape index (κ1) is 16.4. The first-order chi connectivity index (χ1) is 8.28. The van der Waals surface area contributed by atoms with Gasteiger partial charge in [0.25, 0.3) is 6.47 Å². The van der Waals surface area contributed by atoms with E-state index in [-0.39, 0.29) is 18.2 Å². The highest BCUT2D eigenvalue weighted by atomic mass is 16.5. The van der Waals surface area contributed by atoms with Crippen molar-refractivity contribution in [1.82, 2.24) is 0 Å². The summed E-state index contributed by atoms with van der Waals surface area (Å²) < 4.78 is 4.80. The van der Waals surface area contributed by atoms with Crippen LogP contribution in [0, 0.1) is 0 Å². The molecule has 0 aromatic rings. The minimum atomic E-state index is -0.823. The fourth-order valence-electron chi connectivity index (χ4n) is 1.40. The molecule has 18 heavy (non-hydrogen) atoms. The second-order valence-corrected chi connectivity index (χ2v) is 4.67. The normalized spacial score (nSPS) is 12.6. The quantitative estimate of drug-likeness (QED) is 0.216. The Morgan fingerprint density at radius 3 is 2.56 bits per heavy atom. The second kappa shape index (κ2) is 7.65. The maximum atomic E-state index is 11.8. The number of carbonyl (C=O) groups is 2. The van der Waals surface area contributed by atoms with Crippen LogP contribution in [-0.4, -0.2) is 36.4 Å². The first-order valence-electron chi connectivity index (χ1n) is 5.73. The lowest BCUT2D eigenvalue weighted by atomic mass is 9.96. The maximum absolute atomic E-state index is 11.8. The fraction of sp³-hybridized carbons (Fsp3) is 0.727. The molecule has 0 heterocycles. The van der Waals surface area contributed by atoms with Crippen molar-refractivity contribution in [3.8, 4) is 0 Å². The van der Waals surface area contributed by atoms with E-state index in [4.69, 9.17) is 21.9 Å². The van der Waals surface area contributed by atoms with E-state index in [2.05, 4.69) is 4.99 Å². The minimum Gasteiger partial charge on any atom is -0.461 e. The molecule has 0 saturated carbocycles. The summed E-state index contributed by atoms with van der Waals surface area (Å²) in [5.41, 5.74) is 15.2. The van der Waals surface area contributed by atoms with Gasteiger partial charge in [0, 0.05) is 13.0 Å². The third kappa shape index (κ3) is 7.61. The third-order valence-corrected chi connectivity index (χ3v) is 2.35. The zero-order valence-electron chi connectivity index (χ0n) is 10.9. The van der Waals surface area contributed by atoms with Crippen molar-refractivity contribution in [2.45, 2.75) is 44.8 Å². The molecule has 0 spiro atoms. The molecule has 0 radical (unpaired) electrons. The van der Waals surface area contributed by atoms with E-state index in [0.717, 1.165) is 0 Å². The fourth-order valence-corrected chi connectivity index (χ4v) is 1.40. The van der Waals surface area contributed by atoms with Crippen molar-refractivity contribution < 1.29 is 14.3 Å². The van der Waals surface area contributed by atoms with Crippen molar-refractivity contribution in [3.05, 3.63) is 0 Å². The molecule has 0 aliphatic carbocycles. The van der Waals surface area contributed by atoms with Gasteiger partial charge < -0.3 is 21.9 Å². The van der Waals surface area contributed by atoms with E-state index in [9.17, 15) is 9.59 Å². The number of ether oxygens (including phenoxy) is 1. The summed E-state index contributed by atoms with van der Waals surface area (Å²) in [4.78, 5) is 25.8. The first-order valence-corrected chi connectivity index (χ1v) is 5.73. The van der Waals surface area contributed by atoms with E-state index in [1.807, 2.05) is 0 Å². The lowest BCUT2D eigenvalue weighted by molar-refractivity contribution is -0.143. The molecule has 0 aromatic heterocycles. The third-order valence-electron chi connectivity index (χ3n) is 2.35. The van der Waals surface area contributed by atoms with Crippen LogP contribution in [0.4, 0.5) is 0 Å². The van der Waals surface area contributed by atoms with Crippen molar-refractivity contribution in [3.63, 3.8) is 0 Å². The van der Waals surface area contributed by atoms with Crippen LogP contribution in [0.5, 0.6) is 0 Å². The van der Waals surface area contributed by atoms with Crippen LogP contribution in [0.3, 0.4) is 0 Å². The number of aliphatic imine (C=N–C) groups is 1. The standard InChI is InChI=1S/C11H22N4O3/c1-11(2,18-7-16)6-9(17)8(12)4-3-5-15-10(13)14/h7-8H,3-6,12H2,1-2H3,(H4,13,14,15). The molecule has 0 aromatic carbocycles. The molecule has 0 aliphatic heterocycles. The van der Waals surface area contributed by atoms with Gasteiger partial charge in [-0.2, -0.15) is 0 Å². The van der Waals surface area contributed by atoms with Crippen LogP contribution in [-0.2, 0) is 14.3 Å². The van der Waals surface area contributed by atoms with E-state index < -0.39 is 11.6 Å². The Morgan fingerprint density at radius 1 is 1.44 bits per heavy atom. The monoisotopic (exact) mass is 258 g/mol. The lowest BCUT2D eigenvalue weighted by Gasteiger charge is -2.23. The van der Waals surface area contributed by atoms with Gasteiger partial charge in [0.15, 0.2) is 11.7 Å². The number of rotatable bonds is 9. The van der Waals surface area contributed by atoms with Gasteiger partial charge in [-0.25, -0.2) is 0 Å². The van der Waals surface area contributed by atoms with Gasteiger partial charge in [-0.15, -0.1) is 0 Å². The van der Waals surface area contributed by atoms with Gasteiger partial charge in [0.2, 0.25) is 0 Å². The van der Waals surface area contributed by atoms with Gasteiger partial charge in [-0.05, 0) is 26.7 Å². The highest BCUT2D eigenvalue weighted by molar-refractivity contribution is 5.84. The summed E-state index contributed by atoms with van der Waals surface area (Å²) in [6, 6.07) is -0.589. The molecule has 1 atom stereocenters. The van der Waals surface area contributed by atoms with E-state index in [1.54, 1.807) is 13.8 Å². The van der Waals surface area contributed by atoms with Crippen LogP contribution in [0.25, 0.3) is 0 Å². The van der Waals surface area contributed by atoms with E-state index in [0.29, 0.717) is 25.9 Å². The number of ketones is 1. The number of hydrogen-bond acceptors (Lipinski definition) is 5. The van der Waals surface area contributed by atoms with Crippen molar-refractivity contribution in [1.29, 1.82) is 0 Å². The highest BCUT2D eigenvalue weighted by Gasteiger charge is 2.26. The van der Waals surface area contributed by atoms with Crippen LogP contribution in [0.1, 0.15) is 33.1 Å². The zero-order valence-corrected chi connectivity index (χ0v) is 10.9. The summed E-state index contributed by atoms with van der Waals surface area (Å²) in [5, 5.41) is 0. The number of nitrogens with zero attached hydrogens (tertiary/aromatic N) is 1. The van der Waals surface area contributed by atoms with E-state index >= 15 is 0 Å². The predicted octanol–water partition coefficient (Wildman–Crippen LogP) is -0.722. The Morgan fingerprint density at radius 2 is 2.06 bits per heavy atom. The molecule has 7 nitrogen and oxygen atoms in total. The second-order valence-electron chi connectivity index (χ2n) is 4.67. The summed E-state index contributed by atoms with van der Waals surface area (Å²) in [6.45, 7) is 4.09. The van der Waals surface area contributed by atoms with Crippen LogP contribution in [0.15, 0.2) is 4.99 Å². The van der Waals surface area contributed by atoms with Crippen molar-refractivity contribution >= 4 is 18.2 Å². The summed E-state index contributed by atoms with van der Waals surface area (Å²) in [5.74, 6) is -0.123. The smallest absolute Gasteiger partial charge is 0.293 e. The number of Topliss-reactive ketones (excluding diaryl/α,β-unsaturated/α-hetero) is 1. The average Bonchev–Trinajstić information content (AvgIpc) is 2.22. The molecule has 6 N–H and O–H groups in total. The van der Waals surface area contributed by atoms with Gasteiger partial charge >= 0.3 is 0 Å². The highest BCUT2D eigenvalue weighted by Crippen LogP contribution is 2.15. The molecule has 0 amide bonds. The number of carbonyl (C=O) groups excluding carboxylic acids is 2. The Balaban J connectivity index is 4.03. The molecule has 0 fully saturated rings. The Bertz CT molecular complexity index is 311. The molecular weight excluding hydrogens is 236 g/mol. The van der Waals surface area contributed by atoms with Gasteiger partial charge in [-0.1, -0.05) is 0 Å². The van der Waals surface area contributed by atoms with Gasteiger partial charge in [0.1, 0.15) is 5.60 Å². The molecule has 0 saturated heterocycles. The molecule has 0 rings (SSSR count). The van der Waals surface area contributed by atoms with Gasteiger partial charge in [0.05, 0.1) is 6.04 Å². The largest absolute Gasteiger partial charge is 0.461 e. The Kier molecular flexibility index (Phi) is 6.96. The van der Waals surface area contributed by atoms with Crippen LogP contribution >= 0.6 is 0 Å². The van der Waals surface area contributed by atoms with Gasteiger partial charge in [-0.3, -0.25) is 14.6 Å². The van der Waals surface area contributed by atoms with E-state index in [1.165, 1.54) is 0 Å². The molecule has 0 aliphatic rings. The molecule has 104 valence electrons. The molecule has 7 heteroatoms. The molecule has 0 bridgehead atoms. The number of guanidine groups is 1.